The van der Waals surface area contributed by atoms with Gasteiger partial charge < -0.3 is 14.6 Å². The Morgan fingerprint density at radius 1 is 1.19 bits per heavy atom. The predicted molar refractivity (Wildman–Crippen MR) is 118 cm³/mol. The number of amides is 1. The normalized spacial score (nSPS) is 10.7. The number of ether oxygens (including phenoxy) is 1. The van der Waals surface area contributed by atoms with E-state index < -0.39 is 4.92 Å². The number of carbonyl (C=O) groups excluding carboxylic acids is 1. The summed E-state index contributed by atoms with van der Waals surface area (Å²) in [6.45, 7) is 6.91. The summed E-state index contributed by atoms with van der Waals surface area (Å²) in [5, 5.41) is 22.6. The molecule has 0 fully saturated rings. The number of hydrogen-bond acceptors (Lipinski definition) is 7. The topological polar surface area (TPSA) is 112 Å². The molecule has 0 spiro atoms. The number of anilines is 1. The Bertz CT molecular complexity index is 1100. The van der Waals surface area contributed by atoms with Crippen LogP contribution >= 0.6 is 11.8 Å². The quantitative estimate of drug-likeness (QED) is 0.302. The largest absolute Gasteiger partial charge is 0.486 e. The number of nitrogens with zero attached hydrogens (tertiary/aromatic N) is 4. The molecule has 1 amide bonds. The molecule has 31 heavy (non-hydrogen) atoms. The maximum Gasteiger partial charge on any atom is 0.292 e. The number of hydrogen-bond donors (Lipinski definition) is 1. The molecule has 3 aromatic rings. The molecule has 1 N–H and O–H groups in total. The molecule has 0 radical (unpaired) electrons. The summed E-state index contributed by atoms with van der Waals surface area (Å²) < 4.78 is 7.73. The number of nitrogens with one attached hydrogen (secondary N) is 1. The molecule has 0 saturated heterocycles. The zero-order chi connectivity index (χ0) is 22.4. The summed E-state index contributed by atoms with van der Waals surface area (Å²) in [5.74, 6) is 1.09. The zero-order valence-corrected chi connectivity index (χ0v) is 18.3. The lowest BCUT2D eigenvalue weighted by molar-refractivity contribution is -0.383. The van der Waals surface area contributed by atoms with Gasteiger partial charge in [-0.2, -0.15) is 0 Å². The van der Waals surface area contributed by atoms with Crippen molar-refractivity contribution in [3.05, 3.63) is 69.5 Å². The van der Waals surface area contributed by atoms with Crippen LogP contribution < -0.4 is 10.1 Å². The number of benzene rings is 2. The SMILES string of the molecule is CCn1c(COc2ccc(C)c(C)c2)nnc1SCC(=O)Nc1ccccc1[N+](=O)[O-]. The predicted octanol–water partition coefficient (Wildman–Crippen LogP) is 4.13. The van der Waals surface area contributed by atoms with E-state index in [2.05, 4.69) is 15.5 Å². The minimum absolute atomic E-state index is 0.0438. The van der Waals surface area contributed by atoms with E-state index in [0.29, 0.717) is 17.5 Å². The number of para-hydroxylation sites is 2. The van der Waals surface area contributed by atoms with E-state index in [1.807, 2.05) is 43.5 Å². The van der Waals surface area contributed by atoms with Gasteiger partial charge in [0.05, 0.1) is 10.7 Å². The fourth-order valence-electron chi connectivity index (χ4n) is 2.86. The molecule has 0 aliphatic carbocycles. The smallest absolute Gasteiger partial charge is 0.292 e. The summed E-state index contributed by atoms with van der Waals surface area (Å²) in [5.41, 5.74) is 2.36. The summed E-state index contributed by atoms with van der Waals surface area (Å²) in [6, 6.07) is 11.9. The van der Waals surface area contributed by atoms with Gasteiger partial charge in [0.25, 0.3) is 5.69 Å². The number of thioether (sulfide) groups is 1. The molecule has 1 aromatic heterocycles. The van der Waals surface area contributed by atoms with Crippen LogP contribution in [0.5, 0.6) is 5.75 Å². The number of nitro benzene ring substituents is 1. The highest BCUT2D eigenvalue weighted by Gasteiger charge is 2.17. The van der Waals surface area contributed by atoms with Gasteiger partial charge in [-0.15, -0.1) is 10.2 Å². The number of rotatable bonds is 9. The molecule has 3 rings (SSSR count). The molecular formula is C21H23N5O4S. The van der Waals surface area contributed by atoms with E-state index in [-0.39, 0.29) is 29.6 Å². The van der Waals surface area contributed by atoms with Crippen LogP contribution in [0.2, 0.25) is 0 Å². The van der Waals surface area contributed by atoms with Crippen LogP contribution in [-0.4, -0.2) is 31.3 Å². The van der Waals surface area contributed by atoms with E-state index in [0.717, 1.165) is 11.3 Å². The van der Waals surface area contributed by atoms with Crippen LogP contribution in [-0.2, 0) is 17.9 Å². The third-order valence-corrected chi connectivity index (χ3v) is 5.63. The average Bonchev–Trinajstić information content (AvgIpc) is 3.15. The van der Waals surface area contributed by atoms with E-state index in [9.17, 15) is 14.9 Å². The third kappa shape index (κ3) is 5.60. The molecule has 2 aromatic carbocycles. The first-order valence-electron chi connectivity index (χ1n) is 9.67. The number of carbonyl (C=O) groups is 1. The number of aryl methyl sites for hydroxylation is 2. The number of aromatic nitrogens is 3. The Kier molecular flexibility index (Phi) is 7.24. The first-order chi connectivity index (χ1) is 14.9. The maximum absolute atomic E-state index is 12.3. The van der Waals surface area contributed by atoms with Gasteiger partial charge in [-0.25, -0.2) is 0 Å². The average molecular weight is 442 g/mol. The third-order valence-electron chi connectivity index (χ3n) is 4.66. The Morgan fingerprint density at radius 2 is 1.97 bits per heavy atom. The Balaban J connectivity index is 1.61. The highest BCUT2D eigenvalue weighted by molar-refractivity contribution is 7.99. The van der Waals surface area contributed by atoms with Crippen molar-refractivity contribution in [3.63, 3.8) is 0 Å². The van der Waals surface area contributed by atoms with Crippen LogP contribution in [0.4, 0.5) is 11.4 Å². The van der Waals surface area contributed by atoms with Crippen molar-refractivity contribution in [2.45, 2.75) is 39.1 Å². The minimum atomic E-state index is -0.529. The molecule has 10 heteroatoms. The van der Waals surface area contributed by atoms with Crippen molar-refractivity contribution in [1.29, 1.82) is 0 Å². The summed E-state index contributed by atoms with van der Waals surface area (Å²) in [4.78, 5) is 22.9. The van der Waals surface area contributed by atoms with Gasteiger partial charge in [0.15, 0.2) is 11.0 Å². The Hall–Kier alpha value is -3.40. The van der Waals surface area contributed by atoms with Gasteiger partial charge in [-0.3, -0.25) is 14.9 Å². The fraction of sp³-hybridized carbons (Fsp3) is 0.286. The minimum Gasteiger partial charge on any atom is -0.486 e. The molecule has 1 heterocycles. The van der Waals surface area contributed by atoms with Gasteiger partial charge in [-0.1, -0.05) is 30.0 Å². The molecule has 0 aliphatic heterocycles. The van der Waals surface area contributed by atoms with Gasteiger partial charge in [0.2, 0.25) is 5.91 Å². The van der Waals surface area contributed by atoms with Crippen molar-refractivity contribution in [3.8, 4) is 5.75 Å². The molecule has 0 bridgehead atoms. The summed E-state index contributed by atoms with van der Waals surface area (Å²) in [6.07, 6.45) is 0. The van der Waals surface area contributed by atoms with E-state index >= 15 is 0 Å². The lowest BCUT2D eigenvalue weighted by Crippen LogP contribution is -2.15. The van der Waals surface area contributed by atoms with Crippen molar-refractivity contribution in [2.75, 3.05) is 11.1 Å². The standard InChI is InChI=1S/C21H23N5O4S/c1-4-25-19(12-30-16-10-9-14(2)15(3)11-16)23-24-21(25)31-13-20(27)22-17-7-5-6-8-18(17)26(28)29/h5-11H,4,12-13H2,1-3H3,(H,22,27). The van der Waals surface area contributed by atoms with Crippen LogP contribution in [0.3, 0.4) is 0 Å². The van der Waals surface area contributed by atoms with Gasteiger partial charge in [0, 0.05) is 12.6 Å². The van der Waals surface area contributed by atoms with Crippen LogP contribution in [0.15, 0.2) is 47.6 Å². The summed E-state index contributed by atoms with van der Waals surface area (Å²) >= 11 is 1.21. The summed E-state index contributed by atoms with van der Waals surface area (Å²) in [7, 11) is 0. The van der Waals surface area contributed by atoms with E-state index in [1.54, 1.807) is 12.1 Å². The van der Waals surface area contributed by atoms with Crippen molar-refractivity contribution >= 4 is 29.0 Å². The number of nitro groups is 1. The lowest BCUT2D eigenvalue weighted by atomic mass is 10.1. The van der Waals surface area contributed by atoms with E-state index in [4.69, 9.17) is 4.74 Å². The second-order valence-electron chi connectivity index (χ2n) is 6.79. The first-order valence-corrected chi connectivity index (χ1v) is 10.7. The molecule has 0 aliphatic rings. The van der Waals surface area contributed by atoms with Crippen molar-refractivity contribution in [1.82, 2.24) is 14.8 Å². The van der Waals surface area contributed by atoms with Gasteiger partial charge in [0.1, 0.15) is 18.0 Å². The maximum atomic E-state index is 12.3. The van der Waals surface area contributed by atoms with E-state index in [1.165, 1.54) is 29.5 Å². The highest BCUT2D eigenvalue weighted by Crippen LogP contribution is 2.24. The monoisotopic (exact) mass is 441 g/mol. The second kappa shape index (κ2) is 10.1. The second-order valence-corrected chi connectivity index (χ2v) is 7.73. The zero-order valence-electron chi connectivity index (χ0n) is 17.5. The first kappa shape index (κ1) is 22.3. The van der Waals surface area contributed by atoms with Crippen LogP contribution in [0, 0.1) is 24.0 Å². The Morgan fingerprint density at radius 3 is 2.68 bits per heavy atom. The van der Waals surface area contributed by atoms with Crippen LogP contribution in [0.25, 0.3) is 0 Å². The molecular weight excluding hydrogens is 418 g/mol. The van der Waals surface area contributed by atoms with Crippen molar-refractivity contribution in [2.24, 2.45) is 0 Å². The molecule has 9 nitrogen and oxygen atoms in total. The van der Waals surface area contributed by atoms with Gasteiger partial charge >= 0.3 is 0 Å². The molecule has 0 atom stereocenters. The Labute approximate surface area is 184 Å². The molecule has 162 valence electrons. The fourth-order valence-corrected chi connectivity index (χ4v) is 3.68. The lowest BCUT2D eigenvalue weighted by Gasteiger charge is -2.10. The molecule has 0 unspecified atom stereocenters. The van der Waals surface area contributed by atoms with Gasteiger partial charge in [-0.05, 0) is 50.1 Å². The highest BCUT2D eigenvalue weighted by atomic mass is 32.2. The van der Waals surface area contributed by atoms with Crippen molar-refractivity contribution < 1.29 is 14.5 Å². The molecule has 0 saturated carbocycles. The van der Waals surface area contributed by atoms with Crippen LogP contribution in [0.1, 0.15) is 23.9 Å².